The van der Waals surface area contributed by atoms with Crippen LogP contribution in [0.1, 0.15) is 10.4 Å². The molecule has 0 bridgehead atoms. The lowest BCUT2D eigenvalue weighted by atomic mass is 10.1. The van der Waals surface area contributed by atoms with Gasteiger partial charge in [-0.05, 0) is 52.9 Å². The van der Waals surface area contributed by atoms with E-state index in [2.05, 4.69) is 27.9 Å². The van der Waals surface area contributed by atoms with Gasteiger partial charge >= 0.3 is 0 Å². The highest BCUT2D eigenvalue weighted by atomic mass is 127. The van der Waals surface area contributed by atoms with Gasteiger partial charge in [-0.3, -0.25) is 14.9 Å². The number of halogens is 1. The maximum atomic E-state index is 12.1. The van der Waals surface area contributed by atoms with Crippen molar-refractivity contribution >= 4 is 45.6 Å². The third kappa shape index (κ3) is 3.23. The van der Waals surface area contributed by atoms with E-state index in [-0.39, 0.29) is 11.3 Å². The summed E-state index contributed by atoms with van der Waals surface area (Å²) in [5, 5.41) is 13.5. The van der Waals surface area contributed by atoms with E-state index in [0.29, 0.717) is 11.4 Å². The lowest BCUT2D eigenvalue weighted by Crippen LogP contribution is -2.14. The second-order valence-electron chi connectivity index (χ2n) is 4.00. The molecule has 20 heavy (non-hydrogen) atoms. The summed E-state index contributed by atoms with van der Waals surface area (Å²) in [5.41, 5.74) is 6.11. The first-order valence-electron chi connectivity index (χ1n) is 5.58. The Morgan fingerprint density at radius 3 is 2.65 bits per heavy atom. The Kier molecular flexibility index (Phi) is 4.18. The fourth-order valence-electron chi connectivity index (χ4n) is 1.66. The summed E-state index contributed by atoms with van der Waals surface area (Å²) in [5.74, 6) is -0.564. The molecule has 0 fully saturated rings. The number of nitrogens with one attached hydrogen (secondary N) is 1. The summed E-state index contributed by atoms with van der Waals surface area (Å²) >= 11 is 2.11. The number of nitrogen functional groups attached to an aromatic ring is 1. The maximum absolute atomic E-state index is 12.1. The van der Waals surface area contributed by atoms with Crippen molar-refractivity contribution in [2.75, 3.05) is 11.1 Å². The van der Waals surface area contributed by atoms with E-state index in [4.69, 9.17) is 5.73 Å². The molecular weight excluding hydrogens is 373 g/mol. The van der Waals surface area contributed by atoms with Crippen LogP contribution in [0, 0.1) is 13.7 Å². The molecule has 0 aliphatic heterocycles. The average Bonchev–Trinajstić information content (AvgIpc) is 2.38. The monoisotopic (exact) mass is 383 g/mol. The fraction of sp³-hybridized carbons (Fsp3) is 0. The molecule has 0 atom stereocenters. The molecule has 3 N–H and O–H groups in total. The molecule has 1 amide bonds. The van der Waals surface area contributed by atoms with Crippen molar-refractivity contribution in [3.63, 3.8) is 0 Å². The third-order valence-electron chi connectivity index (χ3n) is 2.54. The van der Waals surface area contributed by atoms with E-state index in [9.17, 15) is 14.9 Å². The Morgan fingerprint density at radius 2 is 2.00 bits per heavy atom. The van der Waals surface area contributed by atoms with Gasteiger partial charge in [-0.1, -0.05) is 6.07 Å². The Hall–Kier alpha value is -2.16. The molecule has 0 saturated carbocycles. The molecule has 0 aliphatic rings. The zero-order chi connectivity index (χ0) is 14.7. The fourth-order valence-corrected chi connectivity index (χ4v) is 2.20. The predicted octanol–water partition coefficient (Wildman–Crippen LogP) is 3.03. The number of benzene rings is 2. The normalized spacial score (nSPS) is 10.1. The summed E-state index contributed by atoms with van der Waals surface area (Å²) in [6.07, 6.45) is 0. The van der Waals surface area contributed by atoms with Gasteiger partial charge in [-0.15, -0.1) is 0 Å². The van der Waals surface area contributed by atoms with Crippen LogP contribution in [0.5, 0.6) is 0 Å². The molecule has 0 heterocycles. The van der Waals surface area contributed by atoms with Gasteiger partial charge in [0.1, 0.15) is 5.56 Å². The van der Waals surface area contributed by atoms with E-state index in [1.807, 2.05) is 6.07 Å². The largest absolute Gasteiger partial charge is 0.399 e. The molecule has 0 aromatic heterocycles. The van der Waals surface area contributed by atoms with Crippen LogP contribution in [0.2, 0.25) is 0 Å². The Morgan fingerprint density at radius 1 is 1.25 bits per heavy atom. The molecule has 0 saturated heterocycles. The molecule has 7 heteroatoms. The van der Waals surface area contributed by atoms with Crippen LogP contribution in [-0.2, 0) is 0 Å². The standard InChI is InChI=1S/C13H10IN3O3/c14-8-2-1-3-10(6-8)16-13(18)11-7-9(15)4-5-12(11)17(19)20/h1-7H,15H2,(H,16,18). The first-order valence-corrected chi connectivity index (χ1v) is 6.66. The van der Waals surface area contributed by atoms with Crippen LogP contribution in [0.15, 0.2) is 42.5 Å². The van der Waals surface area contributed by atoms with Crippen LogP contribution in [0.4, 0.5) is 17.1 Å². The lowest BCUT2D eigenvalue weighted by Gasteiger charge is -2.07. The van der Waals surface area contributed by atoms with Crippen molar-refractivity contribution in [1.29, 1.82) is 0 Å². The van der Waals surface area contributed by atoms with E-state index in [1.165, 1.54) is 18.2 Å². The summed E-state index contributed by atoms with van der Waals surface area (Å²) in [4.78, 5) is 22.4. The van der Waals surface area contributed by atoms with Gasteiger partial charge in [-0.25, -0.2) is 0 Å². The second kappa shape index (κ2) is 5.87. The van der Waals surface area contributed by atoms with Crippen LogP contribution >= 0.6 is 22.6 Å². The van der Waals surface area contributed by atoms with Crippen molar-refractivity contribution in [1.82, 2.24) is 0 Å². The van der Waals surface area contributed by atoms with Crippen molar-refractivity contribution in [3.8, 4) is 0 Å². The molecular formula is C13H10IN3O3. The SMILES string of the molecule is Nc1ccc([N+](=O)[O-])c(C(=O)Nc2cccc(I)c2)c1. The molecule has 2 rings (SSSR count). The van der Waals surface area contributed by atoms with E-state index < -0.39 is 10.8 Å². The Balaban J connectivity index is 2.34. The average molecular weight is 383 g/mol. The third-order valence-corrected chi connectivity index (χ3v) is 3.22. The quantitative estimate of drug-likeness (QED) is 0.368. The number of nitro groups is 1. The highest BCUT2D eigenvalue weighted by molar-refractivity contribution is 14.1. The summed E-state index contributed by atoms with van der Waals surface area (Å²) in [7, 11) is 0. The summed E-state index contributed by atoms with van der Waals surface area (Å²) < 4.78 is 0.947. The highest BCUT2D eigenvalue weighted by Gasteiger charge is 2.20. The van der Waals surface area contributed by atoms with E-state index in [1.54, 1.807) is 18.2 Å². The van der Waals surface area contributed by atoms with Gasteiger partial charge < -0.3 is 11.1 Å². The maximum Gasteiger partial charge on any atom is 0.282 e. The predicted molar refractivity (Wildman–Crippen MR) is 84.6 cm³/mol. The number of rotatable bonds is 3. The number of carbonyl (C=O) groups is 1. The number of carbonyl (C=O) groups excluding carboxylic acids is 1. The second-order valence-corrected chi connectivity index (χ2v) is 5.24. The van der Waals surface area contributed by atoms with E-state index in [0.717, 1.165) is 3.57 Å². The van der Waals surface area contributed by atoms with Gasteiger partial charge in [0.15, 0.2) is 0 Å². The Bertz CT molecular complexity index is 688. The first-order chi connectivity index (χ1) is 9.47. The topological polar surface area (TPSA) is 98.3 Å². The van der Waals surface area contributed by atoms with Gasteiger partial charge in [-0.2, -0.15) is 0 Å². The molecule has 0 aliphatic carbocycles. The van der Waals surface area contributed by atoms with Crippen molar-refractivity contribution in [3.05, 3.63) is 61.7 Å². The number of nitro benzene ring substituents is 1. The minimum absolute atomic E-state index is 0.0612. The summed E-state index contributed by atoms with van der Waals surface area (Å²) in [6, 6.07) is 11.0. The highest BCUT2D eigenvalue weighted by Crippen LogP contribution is 2.23. The smallest absolute Gasteiger partial charge is 0.282 e. The van der Waals surface area contributed by atoms with E-state index >= 15 is 0 Å². The number of nitrogens with two attached hydrogens (primary N) is 1. The number of nitrogens with zero attached hydrogens (tertiary/aromatic N) is 1. The first kappa shape index (κ1) is 14.3. The minimum Gasteiger partial charge on any atom is -0.399 e. The number of anilines is 2. The van der Waals surface area contributed by atoms with Crippen LogP contribution in [-0.4, -0.2) is 10.8 Å². The molecule has 0 unspecified atom stereocenters. The van der Waals surface area contributed by atoms with Crippen molar-refractivity contribution in [2.45, 2.75) is 0 Å². The summed E-state index contributed by atoms with van der Waals surface area (Å²) in [6.45, 7) is 0. The molecule has 102 valence electrons. The molecule has 6 nitrogen and oxygen atoms in total. The zero-order valence-electron chi connectivity index (χ0n) is 10.2. The van der Waals surface area contributed by atoms with Crippen molar-refractivity contribution < 1.29 is 9.72 Å². The number of hydrogen-bond donors (Lipinski definition) is 2. The minimum atomic E-state index is -0.608. The van der Waals surface area contributed by atoms with Crippen LogP contribution in [0.25, 0.3) is 0 Å². The van der Waals surface area contributed by atoms with Crippen LogP contribution < -0.4 is 11.1 Å². The molecule has 0 radical (unpaired) electrons. The van der Waals surface area contributed by atoms with Gasteiger partial charge in [0.25, 0.3) is 11.6 Å². The number of amides is 1. The zero-order valence-corrected chi connectivity index (χ0v) is 12.3. The lowest BCUT2D eigenvalue weighted by molar-refractivity contribution is -0.385. The molecule has 2 aromatic carbocycles. The van der Waals surface area contributed by atoms with Gasteiger partial charge in [0, 0.05) is 21.0 Å². The van der Waals surface area contributed by atoms with Crippen molar-refractivity contribution in [2.24, 2.45) is 0 Å². The van der Waals surface area contributed by atoms with Gasteiger partial charge in [0.05, 0.1) is 4.92 Å². The molecule has 2 aromatic rings. The Labute approximate surface area is 128 Å². The van der Waals surface area contributed by atoms with Gasteiger partial charge in [0.2, 0.25) is 0 Å². The van der Waals surface area contributed by atoms with Crippen LogP contribution in [0.3, 0.4) is 0 Å². The number of hydrogen-bond acceptors (Lipinski definition) is 4. The molecule has 0 spiro atoms.